The predicted molar refractivity (Wildman–Crippen MR) is 176 cm³/mol. The largest absolute Gasteiger partial charge is 0.228 e. The van der Waals surface area contributed by atoms with E-state index >= 15 is 0 Å². The van der Waals surface area contributed by atoms with Crippen LogP contribution in [0.2, 0.25) is 0 Å². The van der Waals surface area contributed by atoms with E-state index in [4.69, 9.17) is 9.97 Å². The van der Waals surface area contributed by atoms with E-state index in [1.807, 2.05) is 23.5 Å². The first-order valence-electron chi connectivity index (χ1n) is 13.8. The van der Waals surface area contributed by atoms with Crippen molar-refractivity contribution in [2.45, 2.75) is 0 Å². The molecule has 2 aromatic heterocycles. The maximum Gasteiger partial charge on any atom is 0.160 e. The lowest BCUT2D eigenvalue weighted by atomic mass is 9.92. The fraction of sp³-hybridized carbons (Fsp3) is 0. The van der Waals surface area contributed by atoms with Crippen molar-refractivity contribution in [3.8, 4) is 22.6 Å². The smallest absolute Gasteiger partial charge is 0.160 e. The van der Waals surface area contributed by atoms with Crippen LogP contribution in [-0.4, -0.2) is 9.97 Å². The van der Waals surface area contributed by atoms with Crippen LogP contribution in [0, 0.1) is 0 Å². The van der Waals surface area contributed by atoms with Gasteiger partial charge in [-0.3, -0.25) is 0 Å². The van der Waals surface area contributed by atoms with Gasteiger partial charge in [0.1, 0.15) is 0 Å². The van der Waals surface area contributed by atoms with E-state index in [1.165, 1.54) is 52.5 Å². The minimum absolute atomic E-state index is 0.744. The molecule has 9 aromatic rings. The van der Waals surface area contributed by atoms with Crippen molar-refractivity contribution in [3.05, 3.63) is 133 Å². The van der Waals surface area contributed by atoms with Gasteiger partial charge < -0.3 is 0 Å². The zero-order valence-electron chi connectivity index (χ0n) is 22.0. The van der Waals surface area contributed by atoms with Gasteiger partial charge in [0.15, 0.2) is 5.82 Å². The van der Waals surface area contributed by atoms with Crippen LogP contribution in [0.25, 0.3) is 86.0 Å². The molecule has 0 aliphatic carbocycles. The standard InChI is InChI=1S/C38H22N2S/c1-2-10-23(11-3-1)36-29-14-6-8-16-32(29)39-38(40-36)25-19-20-26-24(22-25)18-21-31-34(26)27-12-4-5-13-28(27)37-35(31)30-15-7-9-17-33(30)41-37/h1-22H. The Morgan fingerprint density at radius 3 is 2.02 bits per heavy atom. The van der Waals surface area contributed by atoms with Crippen LogP contribution in [0.5, 0.6) is 0 Å². The zero-order chi connectivity index (χ0) is 26.9. The first kappa shape index (κ1) is 22.7. The Morgan fingerprint density at radius 1 is 0.439 bits per heavy atom. The molecule has 7 aromatic carbocycles. The fourth-order valence-corrected chi connectivity index (χ4v) is 7.65. The summed E-state index contributed by atoms with van der Waals surface area (Å²) in [5.41, 5.74) is 4.03. The van der Waals surface area contributed by atoms with E-state index < -0.39 is 0 Å². The van der Waals surface area contributed by atoms with Gasteiger partial charge in [0.2, 0.25) is 0 Å². The van der Waals surface area contributed by atoms with Crippen LogP contribution in [0.3, 0.4) is 0 Å². The molecule has 0 fully saturated rings. The van der Waals surface area contributed by atoms with E-state index in [-0.39, 0.29) is 0 Å². The maximum atomic E-state index is 5.12. The molecule has 0 saturated heterocycles. The summed E-state index contributed by atoms with van der Waals surface area (Å²) in [6, 6.07) is 47.6. The number of thiophene rings is 1. The molecule has 0 saturated carbocycles. The van der Waals surface area contributed by atoms with E-state index in [0.29, 0.717) is 0 Å². The molecular weight excluding hydrogens is 516 g/mol. The van der Waals surface area contributed by atoms with Gasteiger partial charge in [-0.2, -0.15) is 0 Å². The Hall–Kier alpha value is -5.12. The second-order valence-corrected chi connectivity index (χ2v) is 11.6. The van der Waals surface area contributed by atoms with Crippen molar-refractivity contribution in [2.75, 3.05) is 0 Å². The number of nitrogens with zero attached hydrogens (tertiary/aromatic N) is 2. The quantitative estimate of drug-likeness (QED) is 0.205. The fourth-order valence-electron chi connectivity index (χ4n) is 6.39. The molecule has 3 heteroatoms. The van der Waals surface area contributed by atoms with Crippen LogP contribution >= 0.6 is 11.3 Å². The van der Waals surface area contributed by atoms with Crippen molar-refractivity contribution >= 4 is 74.7 Å². The highest BCUT2D eigenvalue weighted by Gasteiger charge is 2.17. The highest BCUT2D eigenvalue weighted by atomic mass is 32.1. The van der Waals surface area contributed by atoms with Crippen molar-refractivity contribution in [3.63, 3.8) is 0 Å². The van der Waals surface area contributed by atoms with Gasteiger partial charge in [-0.05, 0) is 45.1 Å². The first-order valence-corrected chi connectivity index (χ1v) is 14.7. The Bertz CT molecular complexity index is 2470. The van der Waals surface area contributed by atoms with Crippen LogP contribution in [0.1, 0.15) is 0 Å². The molecule has 9 rings (SSSR count). The first-order chi connectivity index (χ1) is 20.3. The molecule has 41 heavy (non-hydrogen) atoms. The number of aromatic nitrogens is 2. The number of fused-ring (bicyclic) bond motifs is 11. The highest BCUT2D eigenvalue weighted by molar-refractivity contribution is 7.27. The third-order valence-corrected chi connectivity index (χ3v) is 9.44. The van der Waals surface area contributed by atoms with Gasteiger partial charge in [-0.1, -0.05) is 115 Å². The summed E-state index contributed by atoms with van der Waals surface area (Å²) in [5, 5.41) is 11.4. The molecule has 0 aliphatic heterocycles. The second kappa shape index (κ2) is 8.69. The third kappa shape index (κ3) is 3.36. The topological polar surface area (TPSA) is 25.8 Å². The van der Waals surface area contributed by atoms with Gasteiger partial charge in [0.25, 0.3) is 0 Å². The van der Waals surface area contributed by atoms with Crippen molar-refractivity contribution < 1.29 is 0 Å². The zero-order valence-corrected chi connectivity index (χ0v) is 22.8. The number of benzene rings is 7. The molecular formula is C38H22N2S. The molecule has 0 atom stereocenters. The minimum atomic E-state index is 0.744. The molecule has 2 heterocycles. The summed E-state index contributed by atoms with van der Waals surface area (Å²) in [6.07, 6.45) is 0. The average molecular weight is 539 g/mol. The summed E-state index contributed by atoms with van der Waals surface area (Å²) < 4.78 is 2.70. The minimum Gasteiger partial charge on any atom is -0.228 e. The van der Waals surface area contributed by atoms with Crippen molar-refractivity contribution in [1.29, 1.82) is 0 Å². The van der Waals surface area contributed by atoms with Crippen molar-refractivity contribution in [1.82, 2.24) is 9.97 Å². The van der Waals surface area contributed by atoms with E-state index in [1.54, 1.807) is 0 Å². The van der Waals surface area contributed by atoms with Crippen molar-refractivity contribution in [2.24, 2.45) is 0 Å². The molecule has 2 nitrogen and oxygen atoms in total. The molecule has 0 spiro atoms. The summed E-state index contributed by atoms with van der Waals surface area (Å²) in [6.45, 7) is 0. The molecule has 0 radical (unpaired) electrons. The van der Waals surface area contributed by atoms with E-state index in [0.717, 1.165) is 33.5 Å². The third-order valence-electron chi connectivity index (χ3n) is 8.23. The Labute approximate surface area is 240 Å². The SMILES string of the molecule is c1ccc(-c2nc(-c3ccc4c(ccc5c4c4ccccc4c4sc6ccccc6c54)c3)nc3ccccc23)cc1. The van der Waals surface area contributed by atoms with Crippen LogP contribution in [0.4, 0.5) is 0 Å². The Balaban J connectivity index is 1.33. The number of hydrogen-bond acceptors (Lipinski definition) is 3. The molecule has 0 aliphatic rings. The van der Waals surface area contributed by atoms with Crippen LogP contribution in [0.15, 0.2) is 133 Å². The molecule has 0 N–H and O–H groups in total. The molecule has 0 unspecified atom stereocenters. The van der Waals surface area contributed by atoms with E-state index in [9.17, 15) is 0 Å². The maximum absolute atomic E-state index is 5.12. The number of hydrogen-bond donors (Lipinski definition) is 0. The lowest BCUT2D eigenvalue weighted by Crippen LogP contribution is -1.95. The molecule has 190 valence electrons. The lowest BCUT2D eigenvalue weighted by Gasteiger charge is -2.13. The number of rotatable bonds is 2. The summed E-state index contributed by atoms with van der Waals surface area (Å²) in [5.74, 6) is 0.744. The van der Waals surface area contributed by atoms with Gasteiger partial charge in [0, 0.05) is 42.1 Å². The normalized spacial score (nSPS) is 11.9. The summed E-state index contributed by atoms with van der Waals surface area (Å²) >= 11 is 1.89. The lowest BCUT2D eigenvalue weighted by molar-refractivity contribution is 1.23. The van der Waals surface area contributed by atoms with Gasteiger partial charge in [-0.25, -0.2) is 9.97 Å². The van der Waals surface area contributed by atoms with E-state index in [2.05, 4.69) is 121 Å². The van der Waals surface area contributed by atoms with Crippen LogP contribution in [-0.2, 0) is 0 Å². The Morgan fingerprint density at radius 2 is 1.15 bits per heavy atom. The monoisotopic (exact) mass is 538 g/mol. The highest BCUT2D eigenvalue weighted by Crippen LogP contribution is 2.46. The molecule has 0 bridgehead atoms. The second-order valence-electron chi connectivity index (χ2n) is 10.6. The number of para-hydroxylation sites is 1. The summed E-state index contributed by atoms with van der Waals surface area (Å²) in [4.78, 5) is 10.1. The Kier molecular flexibility index (Phi) is 4.80. The molecule has 0 amide bonds. The van der Waals surface area contributed by atoms with Gasteiger partial charge in [0.05, 0.1) is 11.2 Å². The van der Waals surface area contributed by atoms with Crippen LogP contribution < -0.4 is 0 Å². The summed E-state index contributed by atoms with van der Waals surface area (Å²) in [7, 11) is 0. The predicted octanol–water partition coefficient (Wildman–Crippen LogP) is 10.8. The van der Waals surface area contributed by atoms with Gasteiger partial charge in [-0.15, -0.1) is 11.3 Å². The average Bonchev–Trinajstić information content (AvgIpc) is 3.44. The van der Waals surface area contributed by atoms with Gasteiger partial charge >= 0.3 is 0 Å².